The molecular formula is C20H29NO11. The van der Waals surface area contributed by atoms with Gasteiger partial charge in [0.15, 0.2) is 6.10 Å². The number of carbonyl (C=O) groups is 6. The maximum absolute atomic E-state index is 12.5. The molecule has 0 spiro atoms. The Morgan fingerprint density at radius 3 is 1.81 bits per heavy atom. The van der Waals surface area contributed by atoms with Gasteiger partial charge in [-0.2, -0.15) is 0 Å². The first kappa shape index (κ1) is 26.9. The number of ether oxygens (including phenoxy) is 4. The maximum atomic E-state index is 12.5. The van der Waals surface area contributed by atoms with Crippen LogP contribution in [0, 0.1) is 0 Å². The summed E-state index contributed by atoms with van der Waals surface area (Å²) in [6, 6.07) is 0. The number of hydroxylamine groups is 2. The Bertz CT molecular complexity index is 729. The van der Waals surface area contributed by atoms with E-state index in [9.17, 15) is 28.8 Å². The molecular weight excluding hydrogens is 430 g/mol. The molecule has 2 amide bonds. The third kappa shape index (κ3) is 9.31. The van der Waals surface area contributed by atoms with Crippen molar-refractivity contribution in [3.05, 3.63) is 0 Å². The van der Waals surface area contributed by atoms with Crippen molar-refractivity contribution in [1.29, 1.82) is 0 Å². The fourth-order valence-electron chi connectivity index (χ4n) is 2.22. The van der Waals surface area contributed by atoms with Crippen LogP contribution in [0.4, 0.5) is 4.79 Å². The minimum Gasteiger partial charge on any atom is -0.460 e. The van der Waals surface area contributed by atoms with Crippen LogP contribution in [0.25, 0.3) is 0 Å². The topological polar surface area (TPSA) is 152 Å². The summed E-state index contributed by atoms with van der Waals surface area (Å²) in [5, 5.41) is 0.294. The average molecular weight is 459 g/mol. The fourth-order valence-corrected chi connectivity index (χ4v) is 2.22. The first-order valence-electron chi connectivity index (χ1n) is 9.88. The molecule has 0 aromatic rings. The van der Waals surface area contributed by atoms with E-state index in [-0.39, 0.29) is 12.8 Å². The van der Waals surface area contributed by atoms with Crippen molar-refractivity contribution in [2.24, 2.45) is 0 Å². The van der Waals surface area contributed by atoms with E-state index < -0.39 is 65.7 Å². The van der Waals surface area contributed by atoms with Crippen molar-refractivity contribution >= 4 is 35.9 Å². The van der Waals surface area contributed by atoms with Crippen LogP contribution in [-0.4, -0.2) is 64.4 Å². The molecule has 0 aromatic carbocycles. The predicted molar refractivity (Wildman–Crippen MR) is 104 cm³/mol. The Labute approximate surface area is 185 Å². The lowest BCUT2D eigenvalue weighted by molar-refractivity contribution is -0.206. The van der Waals surface area contributed by atoms with E-state index in [1.54, 1.807) is 41.5 Å². The zero-order valence-corrected chi connectivity index (χ0v) is 19.2. The van der Waals surface area contributed by atoms with E-state index in [2.05, 4.69) is 4.84 Å². The molecule has 1 fully saturated rings. The van der Waals surface area contributed by atoms with Gasteiger partial charge in [-0.05, 0) is 48.5 Å². The largest absolute Gasteiger partial charge is 0.509 e. The minimum atomic E-state index is -1.79. The van der Waals surface area contributed by atoms with E-state index in [4.69, 9.17) is 18.9 Å². The molecule has 0 N–H and O–H groups in total. The lowest BCUT2D eigenvalue weighted by Gasteiger charge is -2.24. The second kappa shape index (κ2) is 10.4. The Balaban J connectivity index is 2.84. The van der Waals surface area contributed by atoms with Gasteiger partial charge in [0.1, 0.15) is 11.2 Å². The Morgan fingerprint density at radius 1 is 0.844 bits per heavy atom. The van der Waals surface area contributed by atoms with Crippen molar-refractivity contribution in [2.45, 2.75) is 91.1 Å². The van der Waals surface area contributed by atoms with Gasteiger partial charge in [0.2, 0.25) is 6.10 Å². The Hall–Kier alpha value is -3.18. The third-order valence-corrected chi connectivity index (χ3v) is 3.47. The van der Waals surface area contributed by atoms with Gasteiger partial charge in [-0.1, -0.05) is 0 Å². The first-order chi connectivity index (χ1) is 14.5. The van der Waals surface area contributed by atoms with Crippen LogP contribution in [-0.2, 0) is 47.8 Å². The quantitative estimate of drug-likeness (QED) is 0.310. The number of amides is 2. The van der Waals surface area contributed by atoms with Gasteiger partial charge in [0, 0.05) is 12.8 Å². The SMILES string of the molecule is C[C@H](OC(=O)[C@H](CC(=O)OC(C)(C)C)OC(=O)OC(C)(C)C)C(=O)ON1C(=O)CCC1=O. The Kier molecular flexibility index (Phi) is 8.75. The minimum absolute atomic E-state index is 0.109. The second-order valence-electron chi connectivity index (χ2n) is 8.93. The molecule has 2 atom stereocenters. The average Bonchev–Trinajstić information content (AvgIpc) is 2.89. The van der Waals surface area contributed by atoms with E-state index in [0.717, 1.165) is 6.92 Å². The molecule has 1 rings (SSSR count). The number of esters is 2. The van der Waals surface area contributed by atoms with Crippen LogP contribution in [0.2, 0.25) is 0 Å². The van der Waals surface area contributed by atoms with Gasteiger partial charge in [0.05, 0.1) is 6.42 Å². The highest BCUT2D eigenvalue weighted by molar-refractivity contribution is 6.01. The van der Waals surface area contributed by atoms with Crippen molar-refractivity contribution in [2.75, 3.05) is 0 Å². The monoisotopic (exact) mass is 459 g/mol. The van der Waals surface area contributed by atoms with Crippen LogP contribution in [0.5, 0.6) is 0 Å². The smallest absolute Gasteiger partial charge is 0.460 e. The number of hydrogen-bond acceptors (Lipinski definition) is 11. The summed E-state index contributed by atoms with van der Waals surface area (Å²) in [6.07, 6.45) is -5.55. The number of carbonyl (C=O) groups excluding carboxylic acids is 6. The molecule has 180 valence electrons. The highest BCUT2D eigenvalue weighted by Crippen LogP contribution is 2.16. The predicted octanol–water partition coefficient (Wildman–Crippen LogP) is 1.58. The number of imide groups is 1. The molecule has 32 heavy (non-hydrogen) atoms. The van der Waals surface area contributed by atoms with Crippen LogP contribution in [0.15, 0.2) is 0 Å². The molecule has 0 bridgehead atoms. The van der Waals surface area contributed by atoms with Crippen LogP contribution in [0.1, 0.15) is 67.7 Å². The van der Waals surface area contributed by atoms with Crippen molar-refractivity contribution in [3.8, 4) is 0 Å². The van der Waals surface area contributed by atoms with Crippen LogP contribution in [0.3, 0.4) is 0 Å². The maximum Gasteiger partial charge on any atom is 0.509 e. The zero-order chi connectivity index (χ0) is 24.9. The lowest BCUT2D eigenvalue weighted by atomic mass is 10.2. The molecule has 1 saturated heterocycles. The van der Waals surface area contributed by atoms with E-state index >= 15 is 0 Å². The Morgan fingerprint density at radius 2 is 1.34 bits per heavy atom. The summed E-state index contributed by atoms with van der Waals surface area (Å²) in [7, 11) is 0. The van der Waals surface area contributed by atoms with Gasteiger partial charge in [-0.15, -0.1) is 5.06 Å². The van der Waals surface area contributed by atoms with E-state index in [0.29, 0.717) is 5.06 Å². The van der Waals surface area contributed by atoms with Crippen LogP contribution >= 0.6 is 0 Å². The number of rotatable bonds is 7. The lowest BCUT2D eigenvalue weighted by Crippen LogP contribution is -2.40. The van der Waals surface area contributed by atoms with E-state index in [1.165, 1.54) is 0 Å². The third-order valence-electron chi connectivity index (χ3n) is 3.47. The van der Waals surface area contributed by atoms with Gasteiger partial charge < -0.3 is 23.8 Å². The summed E-state index contributed by atoms with van der Waals surface area (Å²) >= 11 is 0. The summed E-state index contributed by atoms with van der Waals surface area (Å²) in [5.74, 6) is -4.76. The second-order valence-corrected chi connectivity index (χ2v) is 8.93. The summed E-state index contributed by atoms with van der Waals surface area (Å²) in [4.78, 5) is 76.5. The molecule has 12 heteroatoms. The summed E-state index contributed by atoms with van der Waals surface area (Å²) < 4.78 is 19.9. The molecule has 1 aliphatic heterocycles. The standard InChI is InChI=1S/C20H29NO11/c1-11(16(25)32-21-13(22)8-9-14(21)23)28-17(26)12(10-15(24)30-19(2,3)4)29-18(27)31-20(5,6)7/h11-12H,8-10H2,1-7H3/t11-,12-/m0/s1. The van der Waals surface area contributed by atoms with Crippen molar-refractivity contribution in [3.63, 3.8) is 0 Å². The molecule has 0 aliphatic carbocycles. The molecule has 0 saturated carbocycles. The van der Waals surface area contributed by atoms with Gasteiger partial charge in [-0.3, -0.25) is 14.4 Å². The molecule has 1 heterocycles. The molecule has 1 aliphatic rings. The van der Waals surface area contributed by atoms with Crippen molar-refractivity contribution < 1.29 is 52.6 Å². The van der Waals surface area contributed by atoms with Gasteiger partial charge in [-0.25, -0.2) is 14.4 Å². The van der Waals surface area contributed by atoms with Crippen molar-refractivity contribution in [1.82, 2.24) is 5.06 Å². The summed E-state index contributed by atoms with van der Waals surface area (Å²) in [6.45, 7) is 10.6. The van der Waals surface area contributed by atoms with E-state index in [1.807, 2.05) is 0 Å². The molecule has 0 unspecified atom stereocenters. The first-order valence-corrected chi connectivity index (χ1v) is 9.88. The highest BCUT2D eigenvalue weighted by Gasteiger charge is 2.37. The normalized spacial score (nSPS) is 16.2. The van der Waals surface area contributed by atoms with Gasteiger partial charge >= 0.3 is 24.1 Å². The highest BCUT2D eigenvalue weighted by atomic mass is 16.8. The molecule has 12 nitrogen and oxygen atoms in total. The summed E-state index contributed by atoms with van der Waals surface area (Å²) in [5.41, 5.74) is -1.81. The zero-order valence-electron chi connectivity index (χ0n) is 19.2. The number of nitrogens with zero attached hydrogens (tertiary/aromatic N) is 1. The fraction of sp³-hybridized carbons (Fsp3) is 0.700. The van der Waals surface area contributed by atoms with Crippen LogP contribution < -0.4 is 0 Å². The van der Waals surface area contributed by atoms with Gasteiger partial charge in [0.25, 0.3) is 11.8 Å². The molecule has 0 radical (unpaired) electrons. The number of hydrogen-bond donors (Lipinski definition) is 0. The molecule has 0 aromatic heterocycles.